The standard InChI is InChI=1S/C21H27N3O3/c1-14-7-5-6-12-21(14)19(26)23(20(27)22-21)13-18(25)24-15(2)10-11-16-8-3-4-9-17(16)24/h3-4,8-9,14-15H,5-7,10-13H2,1-2H3,(H,22,27). The van der Waals surface area contributed by atoms with Crippen LogP contribution in [0, 0.1) is 5.92 Å². The van der Waals surface area contributed by atoms with Gasteiger partial charge in [0.15, 0.2) is 0 Å². The number of para-hydroxylation sites is 1. The summed E-state index contributed by atoms with van der Waals surface area (Å²) in [6.07, 6.45) is 5.40. The van der Waals surface area contributed by atoms with Gasteiger partial charge in [0, 0.05) is 11.7 Å². The summed E-state index contributed by atoms with van der Waals surface area (Å²) < 4.78 is 0. The third-order valence-corrected chi connectivity index (χ3v) is 6.59. The molecule has 1 saturated carbocycles. The van der Waals surface area contributed by atoms with E-state index in [-0.39, 0.29) is 30.3 Å². The van der Waals surface area contributed by atoms with Crippen LogP contribution in [0.25, 0.3) is 0 Å². The van der Waals surface area contributed by atoms with Crippen molar-refractivity contribution in [3.8, 4) is 0 Å². The van der Waals surface area contributed by atoms with Crippen molar-refractivity contribution >= 4 is 23.5 Å². The van der Waals surface area contributed by atoms with Gasteiger partial charge in [-0.1, -0.05) is 38.0 Å². The molecule has 0 radical (unpaired) electrons. The smallest absolute Gasteiger partial charge is 0.323 e. The van der Waals surface area contributed by atoms with Crippen LogP contribution >= 0.6 is 0 Å². The van der Waals surface area contributed by atoms with Gasteiger partial charge in [0.25, 0.3) is 5.91 Å². The number of hydrogen-bond donors (Lipinski definition) is 1. The van der Waals surface area contributed by atoms with Crippen LogP contribution in [0.3, 0.4) is 0 Å². The molecule has 4 rings (SSSR count). The molecule has 4 amide bonds. The maximum atomic E-state index is 13.1. The third-order valence-electron chi connectivity index (χ3n) is 6.59. The number of benzene rings is 1. The molecule has 3 aliphatic rings. The summed E-state index contributed by atoms with van der Waals surface area (Å²) >= 11 is 0. The van der Waals surface area contributed by atoms with Crippen molar-refractivity contribution in [2.24, 2.45) is 5.92 Å². The monoisotopic (exact) mass is 369 g/mol. The zero-order chi connectivity index (χ0) is 19.2. The molecule has 2 heterocycles. The fourth-order valence-electron chi connectivity index (χ4n) is 4.92. The molecule has 3 unspecified atom stereocenters. The van der Waals surface area contributed by atoms with Crippen molar-refractivity contribution in [2.75, 3.05) is 11.4 Å². The third kappa shape index (κ3) is 2.82. The fourth-order valence-corrected chi connectivity index (χ4v) is 4.92. The Bertz CT molecular complexity index is 793. The molecular formula is C21H27N3O3. The van der Waals surface area contributed by atoms with Crippen LogP contribution in [0.1, 0.15) is 51.5 Å². The molecule has 2 aliphatic heterocycles. The topological polar surface area (TPSA) is 69.7 Å². The van der Waals surface area contributed by atoms with Gasteiger partial charge in [-0.25, -0.2) is 4.79 Å². The van der Waals surface area contributed by atoms with E-state index >= 15 is 0 Å². The Morgan fingerprint density at radius 3 is 2.74 bits per heavy atom. The lowest BCUT2D eigenvalue weighted by molar-refractivity contribution is -0.136. The number of nitrogens with zero attached hydrogens (tertiary/aromatic N) is 2. The van der Waals surface area contributed by atoms with E-state index in [2.05, 4.69) is 5.32 Å². The zero-order valence-corrected chi connectivity index (χ0v) is 16.0. The van der Waals surface area contributed by atoms with Crippen molar-refractivity contribution in [1.82, 2.24) is 10.2 Å². The first-order valence-corrected chi connectivity index (χ1v) is 9.98. The Balaban J connectivity index is 1.57. The first kappa shape index (κ1) is 18.0. The van der Waals surface area contributed by atoms with Gasteiger partial charge in [0.1, 0.15) is 12.1 Å². The zero-order valence-electron chi connectivity index (χ0n) is 16.0. The highest BCUT2D eigenvalue weighted by Crippen LogP contribution is 2.38. The molecule has 1 spiro atoms. The molecule has 6 heteroatoms. The van der Waals surface area contributed by atoms with E-state index in [4.69, 9.17) is 0 Å². The summed E-state index contributed by atoms with van der Waals surface area (Å²) in [4.78, 5) is 41.7. The lowest BCUT2D eigenvalue weighted by Crippen LogP contribution is -2.54. The van der Waals surface area contributed by atoms with Gasteiger partial charge in [-0.15, -0.1) is 0 Å². The predicted molar refractivity (Wildman–Crippen MR) is 102 cm³/mol. The number of aryl methyl sites for hydroxylation is 1. The largest absolute Gasteiger partial charge is 0.325 e. The fraction of sp³-hybridized carbons (Fsp3) is 0.571. The van der Waals surface area contributed by atoms with Crippen LogP contribution in [-0.2, 0) is 16.0 Å². The van der Waals surface area contributed by atoms with Crippen molar-refractivity contribution in [3.05, 3.63) is 29.8 Å². The Labute approximate surface area is 159 Å². The maximum Gasteiger partial charge on any atom is 0.325 e. The number of anilines is 1. The van der Waals surface area contributed by atoms with Crippen LogP contribution < -0.4 is 10.2 Å². The highest BCUT2D eigenvalue weighted by atomic mass is 16.2. The molecule has 1 aromatic rings. The van der Waals surface area contributed by atoms with Gasteiger partial charge in [-0.3, -0.25) is 14.5 Å². The Morgan fingerprint density at radius 1 is 1.19 bits per heavy atom. The van der Waals surface area contributed by atoms with Crippen molar-refractivity contribution in [1.29, 1.82) is 0 Å². The molecule has 144 valence electrons. The van der Waals surface area contributed by atoms with Gasteiger partial charge >= 0.3 is 6.03 Å². The first-order valence-electron chi connectivity index (χ1n) is 9.98. The minimum atomic E-state index is -0.818. The normalized spacial score (nSPS) is 30.4. The number of amides is 4. The number of imide groups is 1. The molecule has 1 saturated heterocycles. The summed E-state index contributed by atoms with van der Waals surface area (Å²) in [7, 11) is 0. The van der Waals surface area contributed by atoms with Crippen molar-refractivity contribution in [2.45, 2.75) is 64.0 Å². The number of carbonyl (C=O) groups is 3. The molecule has 1 aliphatic carbocycles. The summed E-state index contributed by atoms with van der Waals surface area (Å²) in [5.41, 5.74) is 1.22. The Hall–Kier alpha value is -2.37. The number of fused-ring (bicyclic) bond motifs is 1. The second-order valence-corrected chi connectivity index (χ2v) is 8.22. The minimum Gasteiger partial charge on any atom is -0.323 e. The lowest BCUT2D eigenvalue weighted by Gasteiger charge is -2.37. The molecule has 6 nitrogen and oxygen atoms in total. The summed E-state index contributed by atoms with van der Waals surface area (Å²) in [6, 6.07) is 7.50. The number of nitrogens with one attached hydrogen (secondary N) is 1. The van der Waals surface area contributed by atoms with E-state index in [1.807, 2.05) is 38.1 Å². The van der Waals surface area contributed by atoms with Crippen LogP contribution in [-0.4, -0.2) is 40.9 Å². The number of carbonyl (C=O) groups excluding carboxylic acids is 3. The Kier molecular flexibility index (Phi) is 4.44. The van der Waals surface area contributed by atoms with Crippen LogP contribution in [0.15, 0.2) is 24.3 Å². The average Bonchev–Trinajstić information content (AvgIpc) is 2.89. The van der Waals surface area contributed by atoms with Gasteiger partial charge < -0.3 is 10.2 Å². The molecule has 1 N–H and O–H groups in total. The van der Waals surface area contributed by atoms with Crippen LogP contribution in [0.5, 0.6) is 0 Å². The minimum absolute atomic E-state index is 0.0516. The van der Waals surface area contributed by atoms with Gasteiger partial charge in [0.2, 0.25) is 5.91 Å². The number of hydrogen-bond acceptors (Lipinski definition) is 3. The van der Waals surface area contributed by atoms with Crippen molar-refractivity contribution in [3.63, 3.8) is 0 Å². The predicted octanol–water partition coefficient (Wildman–Crippen LogP) is 2.86. The second kappa shape index (κ2) is 6.66. The molecule has 3 atom stereocenters. The summed E-state index contributed by atoms with van der Waals surface area (Å²) in [6.45, 7) is 3.84. The van der Waals surface area contributed by atoms with Crippen LogP contribution in [0.4, 0.5) is 10.5 Å². The highest BCUT2D eigenvalue weighted by Gasteiger charge is 2.55. The maximum absolute atomic E-state index is 13.1. The van der Waals surface area contributed by atoms with Crippen LogP contribution in [0.2, 0.25) is 0 Å². The molecular weight excluding hydrogens is 342 g/mol. The molecule has 0 bridgehead atoms. The highest BCUT2D eigenvalue weighted by molar-refractivity contribution is 6.10. The summed E-state index contributed by atoms with van der Waals surface area (Å²) in [5.74, 6) is -0.331. The van der Waals surface area contributed by atoms with E-state index in [9.17, 15) is 14.4 Å². The quantitative estimate of drug-likeness (QED) is 0.815. The van der Waals surface area contributed by atoms with E-state index in [1.165, 1.54) is 0 Å². The lowest BCUT2D eigenvalue weighted by atomic mass is 9.73. The number of urea groups is 1. The molecule has 0 aromatic heterocycles. The van der Waals surface area contributed by atoms with Gasteiger partial charge in [-0.05, 0) is 50.2 Å². The first-order chi connectivity index (χ1) is 12.9. The molecule has 27 heavy (non-hydrogen) atoms. The van der Waals surface area contributed by atoms with E-state index in [0.717, 1.165) is 48.3 Å². The Morgan fingerprint density at radius 2 is 1.96 bits per heavy atom. The van der Waals surface area contributed by atoms with Crippen molar-refractivity contribution < 1.29 is 14.4 Å². The van der Waals surface area contributed by atoms with E-state index in [1.54, 1.807) is 4.90 Å². The molecule has 1 aromatic carbocycles. The SMILES string of the molecule is CC1CCc2ccccc2N1C(=O)CN1C(=O)NC2(CCCCC2C)C1=O. The van der Waals surface area contributed by atoms with E-state index in [0.29, 0.717) is 6.42 Å². The molecule has 2 fully saturated rings. The van der Waals surface area contributed by atoms with Gasteiger partial charge in [0.05, 0.1) is 0 Å². The average molecular weight is 369 g/mol. The van der Waals surface area contributed by atoms with Gasteiger partial charge in [-0.2, -0.15) is 0 Å². The van der Waals surface area contributed by atoms with E-state index < -0.39 is 11.6 Å². The number of rotatable bonds is 2. The second-order valence-electron chi connectivity index (χ2n) is 8.22. The summed E-state index contributed by atoms with van der Waals surface area (Å²) in [5, 5.41) is 2.92.